The molecule has 0 saturated carbocycles. The molecule has 2 N–H and O–H groups in total. The van der Waals surface area contributed by atoms with Crippen molar-refractivity contribution in [3.63, 3.8) is 0 Å². The average Bonchev–Trinajstić information content (AvgIpc) is 3.19. The van der Waals surface area contributed by atoms with Crippen LogP contribution >= 0.6 is 11.3 Å². The van der Waals surface area contributed by atoms with Crippen LogP contribution in [0, 0.1) is 0 Å². The van der Waals surface area contributed by atoms with E-state index in [2.05, 4.69) is 20.5 Å². The van der Waals surface area contributed by atoms with Gasteiger partial charge in [0, 0.05) is 4.88 Å². The Balaban J connectivity index is 1.57. The Labute approximate surface area is 171 Å². The molecular formula is C21H18N4O3S. The van der Waals surface area contributed by atoms with Crippen LogP contribution in [0.25, 0.3) is 20.7 Å². The van der Waals surface area contributed by atoms with Gasteiger partial charge in [0.25, 0.3) is 0 Å². The molecule has 2 heterocycles. The number of nitrogens with zero attached hydrogens (tertiary/aromatic N) is 3. The van der Waals surface area contributed by atoms with E-state index in [0.29, 0.717) is 11.6 Å². The van der Waals surface area contributed by atoms with Gasteiger partial charge >= 0.3 is 0 Å². The third kappa shape index (κ3) is 3.97. The van der Waals surface area contributed by atoms with Crippen molar-refractivity contribution < 1.29 is 14.6 Å². The van der Waals surface area contributed by atoms with Gasteiger partial charge in [0.2, 0.25) is 0 Å². The van der Waals surface area contributed by atoms with Crippen LogP contribution in [0.4, 0.5) is 5.82 Å². The summed E-state index contributed by atoms with van der Waals surface area (Å²) in [6.45, 7) is 0. The number of hydrogen-bond donors (Lipinski definition) is 2. The molecule has 0 unspecified atom stereocenters. The number of nitrogens with one attached hydrogen (secondary N) is 1. The van der Waals surface area contributed by atoms with E-state index >= 15 is 0 Å². The molecule has 0 saturated heterocycles. The number of benzene rings is 2. The molecule has 0 aliphatic rings. The smallest absolute Gasteiger partial charge is 0.167 e. The zero-order chi connectivity index (χ0) is 20.2. The van der Waals surface area contributed by atoms with Crippen molar-refractivity contribution in [3.05, 3.63) is 60.4 Å². The summed E-state index contributed by atoms with van der Waals surface area (Å²) in [5, 5.41) is 14.1. The van der Waals surface area contributed by atoms with Crippen molar-refractivity contribution in [1.82, 2.24) is 9.97 Å². The fourth-order valence-corrected chi connectivity index (χ4v) is 3.84. The van der Waals surface area contributed by atoms with Crippen molar-refractivity contribution in [3.8, 4) is 27.7 Å². The van der Waals surface area contributed by atoms with Crippen LogP contribution in [0.15, 0.2) is 60.0 Å². The highest BCUT2D eigenvalue weighted by molar-refractivity contribution is 7.22. The van der Waals surface area contributed by atoms with E-state index in [9.17, 15) is 5.11 Å². The number of ether oxygens (including phenoxy) is 2. The number of aromatic hydroxyl groups is 1. The Morgan fingerprint density at radius 1 is 1.03 bits per heavy atom. The molecule has 146 valence electrons. The van der Waals surface area contributed by atoms with E-state index in [4.69, 9.17) is 9.47 Å². The summed E-state index contributed by atoms with van der Waals surface area (Å²) in [4.78, 5) is 9.74. The van der Waals surface area contributed by atoms with Gasteiger partial charge in [-0.05, 0) is 59.7 Å². The quantitative estimate of drug-likeness (QED) is 0.361. The monoisotopic (exact) mass is 406 g/mol. The number of hydrogen-bond acceptors (Lipinski definition) is 8. The zero-order valence-corrected chi connectivity index (χ0v) is 16.6. The third-order valence-corrected chi connectivity index (χ3v) is 5.45. The molecule has 0 amide bonds. The van der Waals surface area contributed by atoms with Crippen LogP contribution in [0.5, 0.6) is 17.2 Å². The molecular weight excluding hydrogens is 388 g/mol. The van der Waals surface area contributed by atoms with Crippen LogP contribution in [-0.4, -0.2) is 35.5 Å². The Bertz CT molecular complexity index is 1170. The van der Waals surface area contributed by atoms with E-state index in [1.54, 1.807) is 42.9 Å². The van der Waals surface area contributed by atoms with Gasteiger partial charge in [-0.2, -0.15) is 5.10 Å². The number of hydrazone groups is 1. The maximum Gasteiger partial charge on any atom is 0.167 e. The summed E-state index contributed by atoms with van der Waals surface area (Å²) in [7, 11) is 3.15. The Morgan fingerprint density at radius 3 is 2.59 bits per heavy atom. The van der Waals surface area contributed by atoms with Crippen molar-refractivity contribution in [1.29, 1.82) is 0 Å². The topological polar surface area (TPSA) is 88.9 Å². The van der Waals surface area contributed by atoms with Gasteiger partial charge < -0.3 is 14.6 Å². The summed E-state index contributed by atoms with van der Waals surface area (Å²) >= 11 is 1.59. The second kappa shape index (κ2) is 8.15. The molecule has 0 aliphatic carbocycles. The first kappa shape index (κ1) is 18.7. The number of thiophene rings is 1. The molecule has 0 radical (unpaired) electrons. The lowest BCUT2D eigenvalue weighted by atomic mass is 10.2. The average molecular weight is 406 g/mol. The van der Waals surface area contributed by atoms with Gasteiger partial charge in [0.05, 0.1) is 30.7 Å². The number of methoxy groups -OCH3 is 2. The first-order valence-corrected chi connectivity index (χ1v) is 9.54. The Hall–Kier alpha value is -3.65. The van der Waals surface area contributed by atoms with Crippen molar-refractivity contribution in [2.75, 3.05) is 19.6 Å². The van der Waals surface area contributed by atoms with Crippen molar-refractivity contribution >= 4 is 33.6 Å². The molecule has 0 spiro atoms. The van der Waals surface area contributed by atoms with Crippen LogP contribution in [-0.2, 0) is 0 Å². The summed E-state index contributed by atoms with van der Waals surface area (Å²) in [5.74, 6) is 1.91. The minimum Gasteiger partial charge on any atom is -0.504 e. The van der Waals surface area contributed by atoms with E-state index < -0.39 is 0 Å². The van der Waals surface area contributed by atoms with Gasteiger partial charge in [0.1, 0.15) is 12.1 Å². The normalized spacial score (nSPS) is 11.1. The first-order valence-electron chi connectivity index (χ1n) is 8.73. The maximum absolute atomic E-state index is 9.86. The van der Waals surface area contributed by atoms with Crippen molar-refractivity contribution in [2.45, 2.75) is 0 Å². The van der Waals surface area contributed by atoms with E-state index in [1.165, 1.54) is 13.4 Å². The van der Waals surface area contributed by atoms with Gasteiger partial charge in [0.15, 0.2) is 17.3 Å². The number of fused-ring (bicyclic) bond motifs is 1. The standard InChI is InChI=1S/C21H18N4O3S/c1-27-15-6-4-14(5-7-15)19-10-16-20(29-19)21(23-12-22-16)25-24-11-13-3-8-18(28-2)17(26)9-13/h3-12,26H,1-2H3,(H,22,23,25). The van der Waals surface area contributed by atoms with Crippen LogP contribution < -0.4 is 14.9 Å². The summed E-state index contributed by atoms with van der Waals surface area (Å²) in [6.07, 6.45) is 3.11. The molecule has 29 heavy (non-hydrogen) atoms. The fraction of sp³-hybridized carbons (Fsp3) is 0.0952. The number of phenols is 1. The van der Waals surface area contributed by atoms with E-state index in [-0.39, 0.29) is 5.75 Å². The summed E-state index contributed by atoms with van der Waals surface area (Å²) in [6, 6.07) is 15.0. The molecule has 0 aliphatic heterocycles. The highest BCUT2D eigenvalue weighted by atomic mass is 32.1. The molecule has 8 heteroatoms. The van der Waals surface area contributed by atoms with Gasteiger partial charge in [-0.1, -0.05) is 0 Å². The molecule has 4 rings (SSSR count). The van der Waals surface area contributed by atoms with Gasteiger partial charge in [-0.25, -0.2) is 9.97 Å². The fourth-order valence-electron chi connectivity index (χ4n) is 2.79. The van der Waals surface area contributed by atoms with E-state index in [1.807, 2.05) is 30.3 Å². The Morgan fingerprint density at radius 2 is 1.86 bits per heavy atom. The largest absolute Gasteiger partial charge is 0.504 e. The second-order valence-corrected chi connectivity index (χ2v) is 7.13. The molecule has 0 atom stereocenters. The van der Waals surface area contributed by atoms with Crippen LogP contribution in [0.2, 0.25) is 0 Å². The first-order chi connectivity index (χ1) is 14.2. The number of aromatic nitrogens is 2. The minimum absolute atomic E-state index is 0.0586. The number of anilines is 1. The van der Waals surface area contributed by atoms with Gasteiger partial charge in [-0.15, -0.1) is 11.3 Å². The lowest BCUT2D eigenvalue weighted by molar-refractivity contribution is 0.373. The Kier molecular flexibility index (Phi) is 5.26. The maximum atomic E-state index is 9.86. The van der Waals surface area contributed by atoms with Gasteiger partial charge in [-0.3, -0.25) is 5.43 Å². The molecule has 0 fully saturated rings. The SMILES string of the molecule is COc1ccc(-c2cc3ncnc(NN=Cc4ccc(OC)c(O)c4)c3s2)cc1. The van der Waals surface area contributed by atoms with E-state index in [0.717, 1.165) is 32.0 Å². The highest BCUT2D eigenvalue weighted by Gasteiger charge is 2.10. The highest BCUT2D eigenvalue weighted by Crippen LogP contribution is 2.36. The van der Waals surface area contributed by atoms with Crippen LogP contribution in [0.1, 0.15) is 5.56 Å². The molecule has 2 aromatic heterocycles. The third-order valence-electron chi connectivity index (χ3n) is 4.27. The number of phenolic OH excluding ortho intramolecular Hbond substituents is 1. The predicted octanol–water partition coefficient (Wildman–Crippen LogP) is 4.53. The molecule has 2 aromatic carbocycles. The molecule has 0 bridgehead atoms. The lowest BCUT2D eigenvalue weighted by Gasteiger charge is -2.03. The van der Waals surface area contributed by atoms with Crippen molar-refractivity contribution in [2.24, 2.45) is 5.10 Å². The predicted molar refractivity (Wildman–Crippen MR) is 115 cm³/mol. The number of rotatable bonds is 6. The molecule has 7 nitrogen and oxygen atoms in total. The minimum atomic E-state index is 0.0586. The lowest BCUT2D eigenvalue weighted by Crippen LogP contribution is -1.94. The summed E-state index contributed by atoms with van der Waals surface area (Å²) in [5.41, 5.74) is 5.61. The molecule has 4 aromatic rings. The zero-order valence-electron chi connectivity index (χ0n) is 15.8. The summed E-state index contributed by atoms with van der Waals surface area (Å²) < 4.78 is 11.2. The second-order valence-electron chi connectivity index (χ2n) is 6.08. The van der Waals surface area contributed by atoms with Crippen LogP contribution in [0.3, 0.4) is 0 Å².